The fourth-order valence-electron chi connectivity index (χ4n) is 16.4. The maximum atomic E-state index is 10.8. The zero-order chi connectivity index (χ0) is 81.8. The molecule has 0 aliphatic carbocycles. The highest BCUT2D eigenvalue weighted by molar-refractivity contribution is 7.26. The van der Waals surface area contributed by atoms with E-state index in [1.54, 1.807) is 0 Å². The number of fused-ring (bicyclic) bond motifs is 1. The smallest absolute Gasteiger partial charge is 0.114 e. The number of aromatic nitrogens is 2. The molecule has 14 aromatic rings. The molecule has 14 rings (SSSR count). The molecule has 0 radical (unpaired) electrons. The van der Waals surface area contributed by atoms with Crippen molar-refractivity contribution < 1.29 is 0 Å². The highest BCUT2D eigenvalue weighted by atomic mass is 32.1. The van der Waals surface area contributed by atoms with Crippen molar-refractivity contribution >= 4 is 126 Å². The van der Waals surface area contributed by atoms with Crippen LogP contribution < -0.4 is 9.80 Å². The Kier molecular flexibility index (Phi) is 31.5. The summed E-state index contributed by atoms with van der Waals surface area (Å²) in [4.78, 5) is 15.1. The largest absolute Gasteiger partial charge is 0.311 e. The first-order valence-corrected chi connectivity index (χ1v) is 48.0. The van der Waals surface area contributed by atoms with Gasteiger partial charge in [0.25, 0.3) is 0 Å². The molecule has 6 nitrogen and oxygen atoms in total. The summed E-state index contributed by atoms with van der Waals surface area (Å²) in [6.07, 6.45) is 38.1. The van der Waals surface area contributed by atoms with Crippen LogP contribution in [-0.2, 0) is 25.7 Å². The van der Waals surface area contributed by atoms with Crippen LogP contribution in [0.1, 0.15) is 226 Å². The van der Waals surface area contributed by atoms with Crippen LogP contribution in [0.5, 0.6) is 0 Å². The van der Waals surface area contributed by atoms with Gasteiger partial charge >= 0.3 is 0 Å². The van der Waals surface area contributed by atoms with E-state index in [2.05, 4.69) is 304 Å². The van der Waals surface area contributed by atoms with Crippen LogP contribution in [0, 0.1) is 22.7 Å². The molecule has 0 aliphatic heterocycles. The van der Waals surface area contributed by atoms with Gasteiger partial charge in [0, 0.05) is 84.3 Å². The van der Waals surface area contributed by atoms with E-state index in [1.165, 1.54) is 213 Å². The Morgan fingerprint density at radius 3 is 0.866 bits per heavy atom. The standard InChI is InChI=1S/C108H112N6S5/c1-5-9-13-17-21-29-41-85-75-101(117-105(85)83-61-57-81(58-62-83)89(77-109)71-79-53-65-95(66-54-79)113(91-45-33-25-34-46-91)92-47-35-26-36-48-92)107-87(43-31-23-19-15-11-7-3)73-99(115-107)97-69-70-98(104-103(97)111-119-112-104)100-74-88(44-32-24-20-16-12-8-4)108(116-100)102-76-86(42-30-22-18-14-10-6-2)106(118-102)84-63-59-82(60-64-84)90(78-110)72-80-55-67-96(68-56-80)114(93-49-37-27-38-50-93)94-51-39-28-40-52-94/h25-28,33-40,45-76H,5-24,29-32,41-44H2,1-4H3/b89-71-,90-72-. The van der Waals surface area contributed by atoms with Gasteiger partial charge in [-0.1, -0.05) is 314 Å². The first-order valence-electron chi connectivity index (χ1n) is 44.0. The second-order valence-electron chi connectivity index (χ2n) is 31.7. The summed E-state index contributed by atoms with van der Waals surface area (Å²) < 4.78 is 10.5. The molecule has 5 heterocycles. The summed E-state index contributed by atoms with van der Waals surface area (Å²) >= 11 is 9.13. The number of nitrogens with zero attached hydrogens (tertiary/aromatic N) is 6. The summed E-state index contributed by atoms with van der Waals surface area (Å²) in [5, 5.41) is 21.6. The number of aryl methyl sites for hydroxylation is 4. The number of benzene rings is 9. The minimum Gasteiger partial charge on any atom is -0.311 e. The Bertz CT molecular complexity index is 5210. The van der Waals surface area contributed by atoms with E-state index in [0.717, 1.165) is 130 Å². The van der Waals surface area contributed by atoms with Crippen LogP contribution in [0.15, 0.2) is 255 Å². The highest BCUT2D eigenvalue weighted by Gasteiger charge is 2.26. The second kappa shape index (κ2) is 44.1. The predicted octanol–water partition coefficient (Wildman–Crippen LogP) is 34.6. The minimum absolute atomic E-state index is 0.638. The molecule has 0 amide bonds. The topological polar surface area (TPSA) is 79.8 Å². The number of unbranched alkanes of at least 4 members (excludes halogenated alkanes) is 20. The van der Waals surface area contributed by atoms with E-state index in [4.69, 9.17) is 8.75 Å². The summed E-state index contributed by atoms with van der Waals surface area (Å²) in [6.45, 7) is 9.21. The van der Waals surface area contributed by atoms with Crippen LogP contribution in [0.2, 0.25) is 0 Å². The third kappa shape index (κ3) is 22.2. The number of anilines is 6. The summed E-state index contributed by atoms with van der Waals surface area (Å²) in [7, 11) is 0. The van der Waals surface area contributed by atoms with Gasteiger partial charge in [-0.15, -0.1) is 45.3 Å². The quantitative estimate of drug-likeness (QED) is 0.0215. The van der Waals surface area contributed by atoms with Crippen molar-refractivity contribution in [2.24, 2.45) is 0 Å². The molecule has 0 spiro atoms. The lowest BCUT2D eigenvalue weighted by Crippen LogP contribution is -2.09. The lowest BCUT2D eigenvalue weighted by atomic mass is 9.99. The number of para-hydroxylation sites is 4. The van der Waals surface area contributed by atoms with Gasteiger partial charge in [-0.25, -0.2) is 0 Å². The zero-order valence-corrected chi connectivity index (χ0v) is 74.0. The second-order valence-corrected chi connectivity index (χ2v) is 36.5. The minimum atomic E-state index is 0.638. The monoisotopic (exact) mass is 1650 g/mol. The maximum absolute atomic E-state index is 10.8. The third-order valence-electron chi connectivity index (χ3n) is 23.0. The SMILES string of the molecule is CCCCCCCCc1cc(-c2sc(-c3ccc(-c4cc(CCCCCCCC)c(-c5cc(CCCCCCCC)c(-c6ccc(/C(C#N)=C\c7ccc(N(c8ccccc8)c8ccccc8)cc7)cc6)s5)s4)c4nsnc34)cc2CCCCCCCC)sc1-c1ccc(/C(C#N)=C\c2ccc(N(c3ccccc3)c3ccccc3)cc2)cc1. The molecule has 0 unspecified atom stereocenters. The molecule has 0 bridgehead atoms. The van der Waals surface area contributed by atoms with Gasteiger partial charge in [0.1, 0.15) is 11.0 Å². The molecule has 11 heteroatoms. The van der Waals surface area contributed by atoms with Gasteiger partial charge in [-0.3, -0.25) is 0 Å². The number of nitriles is 2. The van der Waals surface area contributed by atoms with E-state index in [9.17, 15) is 10.5 Å². The third-order valence-corrected chi connectivity index (χ3v) is 28.7. The number of allylic oxidation sites excluding steroid dienone is 2. The Balaban J connectivity index is 0.768. The van der Waals surface area contributed by atoms with Crippen molar-refractivity contribution in [3.05, 3.63) is 299 Å². The van der Waals surface area contributed by atoms with Crippen molar-refractivity contribution in [2.45, 2.75) is 207 Å². The average Bonchev–Trinajstić information content (AvgIpc) is 1.61. The van der Waals surface area contributed by atoms with Crippen molar-refractivity contribution in [3.8, 4) is 73.4 Å². The first-order chi connectivity index (χ1) is 58.8. The Hall–Kier alpha value is -10.3. The summed E-state index contributed by atoms with van der Waals surface area (Å²) in [5.41, 5.74) is 23.9. The molecule has 0 saturated heterocycles. The normalized spacial score (nSPS) is 11.7. The molecule has 0 fully saturated rings. The number of hydrogen-bond donors (Lipinski definition) is 0. The van der Waals surface area contributed by atoms with E-state index in [1.807, 2.05) is 57.5 Å². The lowest BCUT2D eigenvalue weighted by Gasteiger charge is -2.25. The summed E-state index contributed by atoms with van der Waals surface area (Å²) in [5.74, 6) is 0. The highest BCUT2D eigenvalue weighted by Crippen LogP contribution is 2.51. The Morgan fingerprint density at radius 2 is 0.563 bits per heavy atom. The number of hydrogen-bond acceptors (Lipinski definition) is 11. The Morgan fingerprint density at radius 1 is 0.294 bits per heavy atom. The van der Waals surface area contributed by atoms with Crippen LogP contribution in [0.3, 0.4) is 0 Å². The van der Waals surface area contributed by atoms with Crippen molar-refractivity contribution in [1.29, 1.82) is 10.5 Å². The van der Waals surface area contributed by atoms with Crippen molar-refractivity contribution in [3.63, 3.8) is 0 Å². The molecule has 9 aromatic carbocycles. The Labute approximate surface area is 729 Å². The first kappa shape index (κ1) is 85.1. The van der Waals surface area contributed by atoms with Crippen molar-refractivity contribution in [2.75, 3.05) is 9.80 Å². The van der Waals surface area contributed by atoms with Crippen LogP contribution in [0.25, 0.3) is 95.6 Å². The van der Waals surface area contributed by atoms with E-state index < -0.39 is 0 Å². The van der Waals surface area contributed by atoms with E-state index in [-0.39, 0.29) is 0 Å². The van der Waals surface area contributed by atoms with Crippen LogP contribution in [0.4, 0.5) is 34.1 Å². The van der Waals surface area contributed by atoms with Gasteiger partial charge in [-0.05, 0) is 216 Å². The number of rotatable bonds is 44. The van der Waals surface area contributed by atoms with Gasteiger partial charge in [0.05, 0.1) is 35.0 Å². The van der Waals surface area contributed by atoms with Crippen LogP contribution >= 0.6 is 57.1 Å². The van der Waals surface area contributed by atoms with Gasteiger partial charge in [-0.2, -0.15) is 19.3 Å². The lowest BCUT2D eigenvalue weighted by molar-refractivity contribution is 0.608. The van der Waals surface area contributed by atoms with Crippen LogP contribution in [-0.4, -0.2) is 8.75 Å². The van der Waals surface area contributed by atoms with Crippen molar-refractivity contribution in [1.82, 2.24) is 8.75 Å². The molecule has 0 aliphatic rings. The number of thiophene rings is 4. The van der Waals surface area contributed by atoms with E-state index >= 15 is 0 Å². The van der Waals surface area contributed by atoms with Gasteiger partial charge in [0.15, 0.2) is 0 Å². The maximum Gasteiger partial charge on any atom is 0.114 e. The van der Waals surface area contributed by atoms with Gasteiger partial charge in [0.2, 0.25) is 0 Å². The van der Waals surface area contributed by atoms with Gasteiger partial charge < -0.3 is 9.80 Å². The predicted molar refractivity (Wildman–Crippen MR) is 519 cm³/mol. The molecule has 0 saturated carbocycles. The summed E-state index contributed by atoms with van der Waals surface area (Å²) in [6, 6.07) is 96.6. The molecule has 5 aromatic heterocycles. The fraction of sp³-hybridized carbons (Fsp3) is 0.296. The zero-order valence-electron chi connectivity index (χ0n) is 69.9. The molecule has 0 N–H and O–H groups in total. The molecular weight excluding hydrogens is 1540 g/mol. The average molecular weight is 1650 g/mol. The molecule has 0 atom stereocenters. The molecule has 604 valence electrons. The molecule has 119 heavy (non-hydrogen) atoms. The van der Waals surface area contributed by atoms with E-state index in [0.29, 0.717) is 11.1 Å². The fourth-order valence-corrected chi connectivity index (χ4v) is 22.2. The molecular formula is C108H112N6S5.